The van der Waals surface area contributed by atoms with Gasteiger partial charge in [-0.2, -0.15) is 0 Å². The number of esters is 1. The van der Waals surface area contributed by atoms with Crippen LogP contribution in [0.25, 0.3) is 6.08 Å². The van der Waals surface area contributed by atoms with Crippen molar-refractivity contribution in [3.63, 3.8) is 0 Å². The normalized spacial score (nSPS) is 10.9. The van der Waals surface area contributed by atoms with Gasteiger partial charge in [-0.25, -0.2) is 9.18 Å². The molecule has 0 aromatic heterocycles. The molecular weight excluding hydrogens is 529 g/mol. The fourth-order valence-corrected chi connectivity index (χ4v) is 4.36. The topological polar surface area (TPSA) is 47.6 Å². The van der Waals surface area contributed by atoms with Gasteiger partial charge >= 0.3 is 5.97 Å². The molecule has 0 bridgehead atoms. The Morgan fingerprint density at radius 2 is 1.94 bits per heavy atom. The summed E-state index contributed by atoms with van der Waals surface area (Å²) in [5.74, 6) is 0.279. The van der Waals surface area contributed by atoms with E-state index in [1.807, 2.05) is 30.3 Å². The smallest absolute Gasteiger partial charge is 0.330 e. The van der Waals surface area contributed by atoms with E-state index >= 15 is 4.39 Å². The number of rotatable bonds is 9. The maximum atomic E-state index is 15.0. The number of thioether (sulfide) groups is 1. The van der Waals surface area contributed by atoms with Crippen LogP contribution >= 0.6 is 39.3 Å². The monoisotopic (exact) mass is 549 g/mol. The van der Waals surface area contributed by atoms with E-state index in [1.54, 1.807) is 31.2 Å². The maximum Gasteiger partial charge on any atom is 0.330 e. The molecule has 0 aliphatic heterocycles. The lowest BCUT2D eigenvalue weighted by molar-refractivity contribution is -0.137. The van der Waals surface area contributed by atoms with Crippen molar-refractivity contribution in [3.8, 4) is 5.75 Å². The SMILES string of the molecule is CCOC(=O)C=Cc1cc(SCc2ccccc2)c(F)cc1Nc1cc(Cl)c(Br)cc1OC. The molecule has 0 saturated heterocycles. The summed E-state index contributed by atoms with van der Waals surface area (Å²) in [6.07, 6.45) is 2.92. The van der Waals surface area contributed by atoms with Gasteiger partial charge in [0.1, 0.15) is 11.6 Å². The van der Waals surface area contributed by atoms with Crippen molar-refractivity contribution in [3.05, 3.63) is 87.1 Å². The van der Waals surface area contributed by atoms with E-state index in [2.05, 4.69) is 21.2 Å². The van der Waals surface area contributed by atoms with Crippen LogP contribution < -0.4 is 10.1 Å². The van der Waals surface area contributed by atoms with Crippen molar-refractivity contribution in [2.75, 3.05) is 19.0 Å². The van der Waals surface area contributed by atoms with E-state index in [0.29, 0.717) is 42.8 Å². The fourth-order valence-electron chi connectivity index (χ4n) is 2.95. The lowest BCUT2D eigenvalue weighted by atomic mass is 10.1. The Morgan fingerprint density at radius 1 is 1.18 bits per heavy atom. The lowest BCUT2D eigenvalue weighted by Crippen LogP contribution is -2.01. The number of halogens is 3. The second-order valence-corrected chi connectivity index (χ2v) is 9.10. The number of anilines is 2. The molecule has 0 aliphatic rings. The van der Waals surface area contributed by atoms with Gasteiger partial charge in [-0.05, 0) is 64.3 Å². The molecule has 0 aliphatic carbocycles. The molecule has 3 aromatic rings. The van der Waals surface area contributed by atoms with Crippen LogP contribution in [0.1, 0.15) is 18.1 Å². The zero-order valence-electron chi connectivity index (χ0n) is 18.0. The minimum Gasteiger partial charge on any atom is -0.495 e. The van der Waals surface area contributed by atoms with Gasteiger partial charge in [-0.3, -0.25) is 0 Å². The van der Waals surface area contributed by atoms with E-state index < -0.39 is 5.97 Å². The van der Waals surface area contributed by atoms with Crippen LogP contribution in [0.4, 0.5) is 15.8 Å². The number of ether oxygens (including phenoxy) is 2. The highest BCUT2D eigenvalue weighted by Gasteiger charge is 2.14. The molecule has 0 atom stereocenters. The van der Waals surface area contributed by atoms with Crippen molar-refractivity contribution < 1.29 is 18.7 Å². The summed E-state index contributed by atoms with van der Waals surface area (Å²) < 4.78 is 26.1. The van der Waals surface area contributed by atoms with Crippen LogP contribution in [0.15, 0.2) is 70.0 Å². The largest absolute Gasteiger partial charge is 0.495 e. The van der Waals surface area contributed by atoms with Gasteiger partial charge in [-0.15, -0.1) is 11.8 Å². The Kier molecular flexibility index (Phi) is 9.23. The molecule has 0 radical (unpaired) electrons. The van der Waals surface area contributed by atoms with Crippen molar-refractivity contribution in [1.29, 1.82) is 0 Å². The van der Waals surface area contributed by atoms with Crippen molar-refractivity contribution in [2.24, 2.45) is 0 Å². The molecule has 1 N–H and O–H groups in total. The summed E-state index contributed by atoms with van der Waals surface area (Å²) in [5, 5.41) is 3.64. The van der Waals surface area contributed by atoms with Gasteiger partial charge in [-0.1, -0.05) is 41.9 Å². The van der Waals surface area contributed by atoms with Crippen LogP contribution in [0.3, 0.4) is 0 Å². The molecule has 0 saturated carbocycles. The first-order valence-electron chi connectivity index (χ1n) is 10.1. The quantitative estimate of drug-likeness (QED) is 0.167. The highest BCUT2D eigenvalue weighted by molar-refractivity contribution is 9.10. The first kappa shape index (κ1) is 25.1. The third kappa shape index (κ3) is 7.00. The standard InChI is InChI=1S/C25H22BrClFNO3S/c1-3-32-25(30)10-9-17-11-24(33-15-16-7-5-4-6-8-16)20(28)14-21(17)29-22-13-19(27)18(26)12-23(22)31-2/h4-14,29H,3,15H2,1-2H3. The second-order valence-electron chi connectivity index (χ2n) is 6.82. The second kappa shape index (κ2) is 12.1. The average molecular weight is 551 g/mol. The summed E-state index contributed by atoms with van der Waals surface area (Å²) in [6.45, 7) is 2.00. The summed E-state index contributed by atoms with van der Waals surface area (Å²) >= 11 is 11.0. The number of methoxy groups -OCH3 is 1. The Balaban J connectivity index is 1.96. The molecule has 33 heavy (non-hydrogen) atoms. The van der Waals surface area contributed by atoms with Crippen LogP contribution in [-0.4, -0.2) is 19.7 Å². The van der Waals surface area contributed by atoms with Gasteiger partial charge < -0.3 is 14.8 Å². The Hall–Kier alpha value is -2.48. The summed E-state index contributed by atoms with van der Waals surface area (Å²) in [5.41, 5.74) is 2.71. The van der Waals surface area contributed by atoms with Gasteiger partial charge in [0.05, 0.1) is 24.4 Å². The number of hydrogen-bond donors (Lipinski definition) is 1. The van der Waals surface area contributed by atoms with E-state index in [4.69, 9.17) is 21.1 Å². The van der Waals surface area contributed by atoms with Gasteiger partial charge in [0.25, 0.3) is 0 Å². The molecule has 0 fully saturated rings. The van der Waals surface area contributed by atoms with Crippen molar-refractivity contribution in [2.45, 2.75) is 17.6 Å². The number of nitrogens with one attached hydrogen (secondary N) is 1. The fraction of sp³-hybridized carbons (Fsp3) is 0.160. The number of hydrogen-bond acceptors (Lipinski definition) is 5. The highest BCUT2D eigenvalue weighted by Crippen LogP contribution is 2.38. The molecule has 0 amide bonds. The molecule has 0 heterocycles. The van der Waals surface area contributed by atoms with Gasteiger partial charge in [0, 0.05) is 26.9 Å². The Morgan fingerprint density at radius 3 is 2.64 bits per heavy atom. The van der Waals surface area contributed by atoms with Crippen LogP contribution in [0.2, 0.25) is 5.02 Å². The molecule has 0 unspecified atom stereocenters. The van der Waals surface area contributed by atoms with E-state index in [-0.39, 0.29) is 12.4 Å². The first-order chi connectivity index (χ1) is 15.9. The summed E-state index contributed by atoms with van der Waals surface area (Å²) in [7, 11) is 1.53. The average Bonchev–Trinajstić information content (AvgIpc) is 2.81. The molecule has 0 spiro atoms. The Labute approximate surface area is 210 Å². The predicted molar refractivity (Wildman–Crippen MR) is 137 cm³/mol. The van der Waals surface area contributed by atoms with Crippen LogP contribution in [-0.2, 0) is 15.3 Å². The van der Waals surface area contributed by atoms with Crippen LogP contribution in [0.5, 0.6) is 5.75 Å². The minimum atomic E-state index is -0.476. The molecule has 3 rings (SSSR count). The predicted octanol–water partition coefficient (Wildman–Crippen LogP) is 7.86. The number of carbonyl (C=O) groups excluding carboxylic acids is 1. The molecule has 8 heteroatoms. The zero-order chi connectivity index (χ0) is 23.8. The molecule has 3 aromatic carbocycles. The number of benzene rings is 3. The zero-order valence-corrected chi connectivity index (χ0v) is 21.2. The maximum absolute atomic E-state index is 15.0. The van der Waals surface area contributed by atoms with Crippen molar-refractivity contribution in [1.82, 2.24) is 0 Å². The number of carbonyl (C=O) groups is 1. The minimum absolute atomic E-state index is 0.268. The third-order valence-corrected chi connectivity index (χ3v) is 6.84. The van der Waals surface area contributed by atoms with Crippen molar-refractivity contribution >= 4 is 62.7 Å². The third-order valence-electron chi connectivity index (χ3n) is 4.54. The van der Waals surface area contributed by atoms with Gasteiger partial charge in [0.15, 0.2) is 0 Å². The van der Waals surface area contributed by atoms with E-state index in [0.717, 1.165) is 5.56 Å². The van der Waals surface area contributed by atoms with E-state index in [1.165, 1.54) is 31.0 Å². The molecular formula is C25H22BrClFNO3S. The summed E-state index contributed by atoms with van der Waals surface area (Å²) in [4.78, 5) is 12.3. The molecule has 4 nitrogen and oxygen atoms in total. The highest BCUT2D eigenvalue weighted by atomic mass is 79.9. The summed E-state index contributed by atoms with van der Waals surface area (Å²) in [6, 6.07) is 16.3. The first-order valence-corrected chi connectivity index (χ1v) is 12.2. The van der Waals surface area contributed by atoms with E-state index in [9.17, 15) is 4.79 Å². The Bertz CT molecular complexity index is 1160. The lowest BCUT2D eigenvalue weighted by Gasteiger charge is -2.16. The van der Waals surface area contributed by atoms with Crippen LogP contribution in [0, 0.1) is 5.82 Å². The van der Waals surface area contributed by atoms with Gasteiger partial charge in [0.2, 0.25) is 0 Å². The molecule has 172 valence electrons.